The number of fused-ring (bicyclic) bond motifs is 2. The normalized spacial score (nSPS) is 17.1. The van der Waals surface area contributed by atoms with Crippen molar-refractivity contribution in [3.63, 3.8) is 0 Å². The highest BCUT2D eigenvalue weighted by atomic mass is 79.9. The van der Waals surface area contributed by atoms with E-state index in [-0.39, 0.29) is 24.4 Å². The van der Waals surface area contributed by atoms with Crippen LogP contribution in [0.4, 0.5) is 0 Å². The van der Waals surface area contributed by atoms with Crippen LogP contribution in [-0.4, -0.2) is 48.3 Å². The van der Waals surface area contributed by atoms with E-state index in [0.717, 1.165) is 32.0 Å². The lowest BCUT2D eigenvalue weighted by atomic mass is 9.79. The van der Waals surface area contributed by atoms with Gasteiger partial charge in [0.05, 0.1) is 22.2 Å². The van der Waals surface area contributed by atoms with Crippen molar-refractivity contribution in [2.75, 3.05) is 0 Å². The van der Waals surface area contributed by atoms with Crippen molar-refractivity contribution in [1.82, 2.24) is 30.0 Å². The van der Waals surface area contributed by atoms with E-state index in [1.165, 1.54) is 0 Å². The molecule has 0 radical (unpaired) electrons. The molecule has 0 unspecified atom stereocenters. The maximum absolute atomic E-state index is 6.08. The summed E-state index contributed by atoms with van der Waals surface area (Å²) < 4.78 is 17.0. The van der Waals surface area contributed by atoms with Crippen molar-refractivity contribution in [2.45, 2.75) is 78.7 Å². The molecular formula is C24H32BBrN6O2. The van der Waals surface area contributed by atoms with Crippen molar-refractivity contribution in [3.05, 3.63) is 40.9 Å². The van der Waals surface area contributed by atoms with Gasteiger partial charge in [0.25, 0.3) is 0 Å². The molecule has 2 aromatic carbocycles. The van der Waals surface area contributed by atoms with E-state index in [0.29, 0.717) is 6.04 Å². The number of halogens is 1. The molecule has 0 saturated carbocycles. The van der Waals surface area contributed by atoms with Gasteiger partial charge in [-0.25, -0.2) is 9.36 Å². The molecule has 8 nitrogen and oxygen atoms in total. The summed E-state index contributed by atoms with van der Waals surface area (Å²) in [5.74, 6) is 0. The fraction of sp³-hybridized carbons (Fsp3) is 0.500. The fourth-order valence-corrected chi connectivity index (χ4v) is 4.11. The molecule has 0 aliphatic carbocycles. The second kappa shape index (κ2) is 9.05. The number of aromatic nitrogens is 6. The average Bonchev–Trinajstić information content (AvgIpc) is 3.41. The number of benzene rings is 2. The molecule has 3 heterocycles. The van der Waals surface area contributed by atoms with Gasteiger partial charge in [-0.3, -0.25) is 0 Å². The Morgan fingerprint density at radius 3 is 1.74 bits per heavy atom. The van der Waals surface area contributed by atoms with E-state index in [2.05, 4.69) is 91.9 Å². The molecule has 0 amide bonds. The minimum atomic E-state index is -0.358. The van der Waals surface area contributed by atoms with E-state index >= 15 is 0 Å². The molecule has 1 fully saturated rings. The van der Waals surface area contributed by atoms with Crippen LogP contribution < -0.4 is 5.46 Å². The third-order valence-electron chi connectivity index (χ3n) is 6.43. The minimum absolute atomic E-state index is 0.290. The molecule has 34 heavy (non-hydrogen) atoms. The third kappa shape index (κ3) is 4.63. The van der Waals surface area contributed by atoms with E-state index in [1.54, 1.807) is 0 Å². The van der Waals surface area contributed by atoms with Crippen LogP contribution in [-0.2, 0) is 9.31 Å². The zero-order chi connectivity index (χ0) is 24.8. The highest BCUT2D eigenvalue weighted by molar-refractivity contribution is 9.10. The summed E-state index contributed by atoms with van der Waals surface area (Å²) in [5.41, 5.74) is 4.24. The lowest BCUT2D eigenvalue weighted by Crippen LogP contribution is -2.41. The fourth-order valence-electron chi connectivity index (χ4n) is 3.76. The Labute approximate surface area is 209 Å². The molecular weight excluding hydrogens is 495 g/mol. The van der Waals surface area contributed by atoms with Crippen LogP contribution in [0.3, 0.4) is 0 Å². The van der Waals surface area contributed by atoms with Gasteiger partial charge in [-0.1, -0.05) is 32.4 Å². The Bertz CT molecular complexity index is 1300. The first-order chi connectivity index (χ1) is 15.9. The summed E-state index contributed by atoms with van der Waals surface area (Å²) in [6.45, 7) is 16.6. The van der Waals surface area contributed by atoms with Gasteiger partial charge in [0, 0.05) is 16.6 Å². The molecule has 180 valence electrons. The summed E-state index contributed by atoms with van der Waals surface area (Å²) in [6.07, 6.45) is 0. The lowest BCUT2D eigenvalue weighted by Gasteiger charge is -2.32. The minimum Gasteiger partial charge on any atom is -0.399 e. The number of hydrogen-bond acceptors (Lipinski definition) is 6. The first-order valence-electron chi connectivity index (χ1n) is 11.6. The second-order valence-corrected chi connectivity index (χ2v) is 11.1. The number of rotatable bonds is 3. The molecule has 0 spiro atoms. The number of hydrogen-bond donors (Lipinski definition) is 0. The monoisotopic (exact) mass is 526 g/mol. The van der Waals surface area contributed by atoms with Crippen LogP contribution in [0.1, 0.15) is 67.5 Å². The SMILES string of the molecule is CC(C)n1nnc2cc(B3OC(C)(C)C(C)(C)O3)ccc21.CC(C)n1nnc2cc(Br)ccc21. The van der Waals surface area contributed by atoms with Gasteiger partial charge >= 0.3 is 7.12 Å². The highest BCUT2D eigenvalue weighted by Crippen LogP contribution is 2.36. The van der Waals surface area contributed by atoms with Gasteiger partial charge in [0.2, 0.25) is 0 Å². The quantitative estimate of drug-likeness (QED) is 0.346. The highest BCUT2D eigenvalue weighted by Gasteiger charge is 2.51. The van der Waals surface area contributed by atoms with Gasteiger partial charge in [-0.2, -0.15) is 0 Å². The molecule has 1 aliphatic rings. The summed E-state index contributed by atoms with van der Waals surface area (Å²) in [5, 5.41) is 16.6. The molecule has 0 N–H and O–H groups in total. The van der Waals surface area contributed by atoms with Crippen LogP contribution in [0.2, 0.25) is 0 Å². The van der Waals surface area contributed by atoms with E-state index in [4.69, 9.17) is 9.31 Å². The Kier molecular flexibility index (Phi) is 6.61. The Hall–Kier alpha value is -2.30. The van der Waals surface area contributed by atoms with Gasteiger partial charge < -0.3 is 9.31 Å². The van der Waals surface area contributed by atoms with Crippen LogP contribution >= 0.6 is 15.9 Å². The maximum atomic E-state index is 6.08. The molecule has 2 aromatic heterocycles. The van der Waals surface area contributed by atoms with Crippen molar-refractivity contribution >= 4 is 50.6 Å². The van der Waals surface area contributed by atoms with Crippen molar-refractivity contribution in [1.29, 1.82) is 0 Å². The number of nitrogens with zero attached hydrogens (tertiary/aromatic N) is 6. The molecule has 4 aromatic rings. The Balaban J connectivity index is 0.000000180. The molecule has 1 saturated heterocycles. The molecule has 0 bridgehead atoms. The topological polar surface area (TPSA) is 79.9 Å². The third-order valence-corrected chi connectivity index (χ3v) is 6.93. The van der Waals surface area contributed by atoms with Crippen molar-refractivity contribution in [3.8, 4) is 0 Å². The molecule has 5 rings (SSSR count). The Morgan fingerprint density at radius 2 is 1.24 bits per heavy atom. The molecule has 10 heteroatoms. The summed E-state index contributed by atoms with van der Waals surface area (Å²) >= 11 is 3.40. The first kappa shape index (κ1) is 24.8. The van der Waals surface area contributed by atoms with E-state index < -0.39 is 0 Å². The largest absolute Gasteiger partial charge is 0.494 e. The van der Waals surface area contributed by atoms with Crippen LogP contribution in [0.5, 0.6) is 0 Å². The summed E-state index contributed by atoms with van der Waals surface area (Å²) in [7, 11) is -0.358. The standard InChI is InChI=1S/C15H22BN3O2.C9H10BrN3/c1-10(2)19-13-8-7-11(9-12(13)17-18-19)16-20-14(3,4)15(5,6)21-16;1-6(2)13-9-4-3-7(10)5-8(9)11-12-13/h7-10H,1-6H3;3-6H,1-2H3. The van der Waals surface area contributed by atoms with Crippen molar-refractivity contribution in [2.24, 2.45) is 0 Å². The average molecular weight is 527 g/mol. The maximum Gasteiger partial charge on any atom is 0.494 e. The summed E-state index contributed by atoms with van der Waals surface area (Å²) in [6, 6.07) is 12.7. The van der Waals surface area contributed by atoms with Crippen LogP contribution in [0.25, 0.3) is 22.1 Å². The predicted octanol–water partition coefficient (Wildman–Crippen LogP) is 5.09. The van der Waals surface area contributed by atoms with Gasteiger partial charge in [-0.15, -0.1) is 10.2 Å². The van der Waals surface area contributed by atoms with Crippen LogP contribution in [0.15, 0.2) is 40.9 Å². The smallest absolute Gasteiger partial charge is 0.399 e. The molecule has 0 atom stereocenters. The van der Waals surface area contributed by atoms with Gasteiger partial charge in [-0.05, 0) is 91.2 Å². The lowest BCUT2D eigenvalue weighted by molar-refractivity contribution is 0.00578. The molecule has 1 aliphatic heterocycles. The first-order valence-corrected chi connectivity index (χ1v) is 12.4. The van der Waals surface area contributed by atoms with Gasteiger partial charge in [0.1, 0.15) is 11.0 Å². The zero-order valence-corrected chi connectivity index (χ0v) is 22.7. The van der Waals surface area contributed by atoms with E-state index in [1.807, 2.05) is 45.8 Å². The van der Waals surface area contributed by atoms with E-state index in [9.17, 15) is 0 Å². The Morgan fingerprint density at radius 1 is 0.765 bits per heavy atom. The summed E-state index contributed by atoms with van der Waals surface area (Å²) in [4.78, 5) is 0. The second-order valence-electron chi connectivity index (χ2n) is 10.2. The van der Waals surface area contributed by atoms with Gasteiger partial charge in [0.15, 0.2) is 0 Å². The predicted molar refractivity (Wildman–Crippen MR) is 139 cm³/mol. The zero-order valence-electron chi connectivity index (χ0n) is 21.1. The van der Waals surface area contributed by atoms with Crippen LogP contribution in [0, 0.1) is 0 Å². The van der Waals surface area contributed by atoms with Crippen molar-refractivity contribution < 1.29 is 9.31 Å².